The number of benzene rings is 1. The van der Waals surface area contributed by atoms with Crippen LogP contribution in [0.3, 0.4) is 0 Å². The molecule has 0 aliphatic carbocycles. The fourth-order valence-corrected chi connectivity index (χ4v) is 0.478. The molecule has 0 nitrogen and oxygen atoms in total. The monoisotopic (exact) mass is 214 g/mol. The molecule has 0 aromatic heterocycles. The average molecular weight is 214 g/mol. The molecule has 0 unspecified atom stereocenters. The Kier molecular flexibility index (Phi) is 11.7. The zero-order valence-corrected chi connectivity index (χ0v) is 8.89. The smallest absolute Gasteiger partial charge is 0.0785 e. The van der Waals surface area contributed by atoms with Crippen LogP contribution >= 0.6 is 0 Å². The number of hydrogen-bond donors (Lipinski definition) is 0. The van der Waals surface area contributed by atoms with E-state index < -0.39 is 0 Å². The predicted octanol–water partition coefficient (Wildman–Crippen LogP) is 2.45. The van der Waals surface area contributed by atoms with Gasteiger partial charge in [-0.3, -0.25) is 4.39 Å². The van der Waals surface area contributed by atoms with E-state index in [2.05, 4.69) is 6.92 Å². The van der Waals surface area contributed by atoms with Gasteiger partial charge in [0.2, 0.25) is 0 Å². The molecule has 1 radical (unpaired) electrons. The minimum absolute atomic E-state index is 0. The van der Waals surface area contributed by atoms with Crippen molar-refractivity contribution in [3.8, 4) is 0 Å². The summed E-state index contributed by atoms with van der Waals surface area (Å²) in [6.45, 7) is 3.72. The van der Waals surface area contributed by atoms with Gasteiger partial charge >= 0.3 is 0 Å². The number of rotatable bonds is 0. The van der Waals surface area contributed by atoms with Gasteiger partial charge in [-0.2, -0.15) is 24.6 Å². The summed E-state index contributed by atoms with van der Waals surface area (Å²) < 4.78 is 9.50. The Balaban J connectivity index is 0. The van der Waals surface area contributed by atoms with Crippen LogP contribution in [0, 0.1) is 6.92 Å². The van der Waals surface area contributed by atoms with E-state index in [0.717, 1.165) is 5.56 Å². The molecule has 0 N–H and O–H groups in total. The van der Waals surface area contributed by atoms with Gasteiger partial charge in [0.05, 0.1) is 7.18 Å². The first-order valence-corrected chi connectivity index (χ1v) is 2.64. The van der Waals surface area contributed by atoms with Gasteiger partial charge in [0, 0.05) is 32.7 Å². The van der Waals surface area contributed by atoms with E-state index >= 15 is 0 Å². The maximum Gasteiger partial charge on any atom is 0.0785 e. The van der Waals surface area contributed by atoms with Crippen LogP contribution < -0.4 is 0 Å². The van der Waals surface area contributed by atoms with Crippen molar-refractivity contribution >= 4 is 0 Å². The maximum atomic E-state index is 9.50. The van der Waals surface area contributed by atoms with Crippen molar-refractivity contribution in [2.45, 2.75) is 0 Å². The van der Waals surface area contributed by atoms with Crippen molar-refractivity contribution in [1.82, 2.24) is 0 Å². The summed E-state index contributed by atoms with van der Waals surface area (Å²) in [6, 6.07) is 9.87. The third-order valence-corrected chi connectivity index (χ3v) is 0.843. The summed E-state index contributed by atoms with van der Waals surface area (Å²) >= 11 is 0. The molecule has 0 heterocycles. The summed E-state index contributed by atoms with van der Waals surface area (Å²) in [5.74, 6) is 0. The molecule has 1 rings (SSSR count). The minimum Gasteiger partial charge on any atom is -0.255 e. The maximum absolute atomic E-state index is 9.50. The summed E-state index contributed by atoms with van der Waals surface area (Å²) in [5.41, 5.74) is 1.07. The van der Waals surface area contributed by atoms with E-state index in [0.29, 0.717) is 7.18 Å². The Labute approximate surface area is 86.7 Å². The normalized spacial score (nSPS) is 6.60. The molecule has 0 bridgehead atoms. The Hall–Kier alpha value is 0.124. The van der Waals surface area contributed by atoms with Crippen LogP contribution in [-0.2, 0) is 32.7 Å². The molecule has 1 aromatic rings. The molecule has 0 aliphatic rings. The SMILES string of the molecule is CF.[CH2-]c1ccccc1.[Y]. The van der Waals surface area contributed by atoms with Crippen LogP contribution in [0.25, 0.3) is 0 Å². The first kappa shape index (κ1) is 12.8. The molecule has 53 valence electrons. The molecule has 0 fully saturated rings. The summed E-state index contributed by atoms with van der Waals surface area (Å²) in [5, 5.41) is 0. The second-order valence-electron chi connectivity index (χ2n) is 1.49. The van der Waals surface area contributed by atoms with Crippen molar-refractivity contribution in [2.24, 2.45) is 0 Å². The van der Waals surface area contributed by atoms with Gasteiger partial charge in [0.15, 0.2) is 0 Å². The van der Waals surface area contributed by atoms with Crippen molar-refractivity contribution in [3.05, 3.63) is 42.8 Å². The number of hydrogen-bond acceptors (Lipinski definition) is 0. The van der Waals surface area contributed by atoms with E-state index in [9.17, 15) is 4.39 Å². The summed E-state index contributed by atoms with van der Waals surface area (Å²) in [4.78, 5) is 0. The Morgan fingerprint density at radius 2 is 1.50 bits per heavy atom. The fraction of sp³-hybridized carbons (Fsp3) is 0.125. The van der Waals surface area contributed by atoms with Crippen LogP contribution in [0.15, 0.2) is 30.3 Å². The van der Waals surface area contributed by atoms with Gasteiger partial charge in [0.25, 0.3) is 0 Å². The Morgan fingerprint density at radius 1 is 1.10 bits per heavy atom. The first-order valence-electron chi connectivity index (χ1n) is 2.64. The third kappa shape index (κ3) is 6.25. The van der Waals surface area contributed by atoms with Crippen LogP contribution in [0.2, 0.25) is 0 Å². The van der Waals surface area contributed by atoms with Crippen LogP contribution in [-0.4, -0.2) is 7.18 Å². The van der Waals surface area contributed by atoms with Crippen molar-refractivity contribution in [2.75, 3.05) is 7.18 Å². The molecule has 0 saturated heterocycles. The molecule has 0 atom stereocenters. The van der Waals surface area contributed by atoms with E-state index in [4.69, 9.17) is 0 Å². The topological polar surface area (TPSA) is 0 Å². The van der Waals surface area contributed by atoms with E-state index in [-0.39, 0.29) is 32.7 Å². The fourth-order valence-electron chi connectivity index (χ4n) is 0.478. The van der Waals surface area contributed by atoms with Gasteiger partial charge in [0.1, 0.15) is 0 Å². The third-order valence-electron chi connectivity index (χ3n) is 0.843. The summed E-state index contributed by atoms with van der Waals surface area (Å²) in [7, 11) is 0.500. The number of halogens is 1. The van der Waals surface area contributed by atoms with Crippen LogP contribution in [0.5, 0.6) is 0 Å². The van der Waals surface area contributed by atoms with Gasteiger partial charge in [-0.25, -0.2) is 0 Å². The predicted molar refractivity (Wildman–Crippen MR) is 37.9 cm³/mol. The Bertz CT molecular complexity index is 139. The quantitative estimate of drug-likeness (QED) is 0.582. The van der Waals surface area contributed by atoms with Gasteiger partial charge in [-0.1, -0.05) is 6.07 Å². The zero-order chi connectivity index (χ0) is 7.11. The van der Waals surface area contributed by atoms with E-state index in [1.165, 1.54) is 0 Å². The van der Waals surface area contributed by atoms with Gasteiger partial charge < -0.3 is 0 Å². The molecule has 0 saturated carbocycles. The minimum atomic E-state index is 0. The van der Waals surface area contributed by atoms with E-state index in [1.807, 2.05) is 30.3 Å². The Morgan fingerprint density at radius 3 is 1.70 bits per heavy atom. The molecule has 0 spiro atoms. The van der Waals surface area contributed by atoms with Crippen LogP contribution in [0.1, 0.15) is 5.56 Å². The standard InChI is InChI=1S/C7H7.CH3F.Y/c1-7-5-3-2-4-6-7;1-2;/h2-6H,1H2;1H3;/q-1;;. The second kappa shape index (κ2) is 9.12. The van der Waals surface area contributed by atoms with Crippen LogP contribution in [0.4, 0.5) is 4.39 Å². The molecule has 1 aromatic carbocycles. The molecule has 0 amide bonds. The van der Waals surface area contributed by atoms with E-state index in [1.54, 1.807) is 0 Å². The molecule has 0 aliphatic heterocycles. The van der Waals surface area contributed by atoms with Gasteiger partial charge in [-0.15, -0.1) is 12.1 Å². The largest absolute Gasteiger partial charge is 0.255 e. The second-order valence-corrected chi connectivity index (χ2v) is 1.49. The summed E-state index contributed by atoms with van der Waals surface area (Å²) in [6.07, 6.45) is 0. The van der Waals surface area contributed by atoms with Crippen molar-refractivity contribution < 1.29 is 37.1 Å². The van der Waals surface area contributed by atoms with Crippen molar-refractivity contribution in [3.63, 3.8) is 0 Å². The molecular weight excluding hydrogens is 204 g/mol. The van der Waals surface area contributed by atoms with Crippen molar-refractivity contribution in [1.29, 1.82) is 0 Å². The molecular formula is C8H10FY-. The molecule has 10 heavy (non-hydrogen) atoms. The average Bonchev–Trinajstić information content (AvgIpc) is 1.94. The zero-order valence-electron chi connectivity index (χ0n) is 6.05. The number of alkyl halides is 1. The first-order chi connectivity index (χ1) is 4.39. The molecule has 2 heteroatoms. The van der Waals surface area contributed by atoms with Gasteiger partial charge in [-0.05, 0) is 0 Å².